The van der Waals surface area contributed by atoms with Gasteiger partial charge in [-0.2, -0.15) is 0 Å². The Labute approximate surface area is 251 Å². The Bertz CT molecular complexity index is 1760. The number of nitrogens with zero attached hydrogens (tertiary/aromatic N) is 2. The second-order valence-corrected chi connectivity index (χ2v) is 8.45. The zero-order valence-corrected chi connectivity index (χ0v) is 23.4. The molecule has 6 rings (SSSR count). The van der Waals surface area contributed by atoms with Crippen LogP contribution in [0.2, 0.25) is 0 Å². The first-order chi connectivity index (χ1) is 20.7. The molecule has 0 aliphatic carbocycles. The van der Waals surface area contributed by atoms with E-state index in [1.54, 1.807) is 30.5 Å². The summed E-state index contributed by atoms with van der Waals surface area (Å²) in [6, 6.07) is 45.4. The Morgan fingerprint density at radius 1 is 0.667 bits per heavy atom. The van der Waals surface area contributed by atoms with Crippen LogP contribution in [0.25, 0.3) is 33.6 Å². The molecule has 0 bridgehead atoms. The fraction of sp³-hybridized carbons (Fsp3) is 0.0556. The van der Waals surface area contributed by atoms with E-state index in [0.29, 0.717) is 22.4 Å². The smallest absolute Gasteiger partial charge is 0.0365 e. The van der Waals surface area contributed by atoms with Gasteiger partial charge in [0.1, 0.15) is 0 Å². The normalized spacial score (nSPS) is 12.7. The Balaban J connectivity index is 0.000000197. The Kier molecular flexibility index (Phi) is 7.86. The van der Waals surface area contributed by atoms with Gasteiger partial charge in [-0.1, -0.05) is 72.8 Å². The number of rotatable bonds is 5. The number of hydrogen-bond acceptors (Lipinski definition) is 2. The summed E-state index contributed by atoms with van der Waals surface area (Å²) in [5, 5.41) is 0. The Hall–Kier alpha value is -4.17. The third kappa shape index (κ3) is 7.67. The van der Waals surface area contributed by atoms with Crippen LogP contribution in [0.4, 0.5) is 0 Å². The van der Waals surface area contributed by atoms with Crippen molar-refractivity contribution in [2.24, 2.45) is 0 Å². The van der Waals surface area contributed by atoms with E-state index in [4.69, 9.17) is 6.85 Å². The molecule has 2 aromatic heterocycles. The van der Waals surface area contributed by atoms with Crippen LogP contribution in [-0.2, 0) is 26.5 Å². The van der Waals surface area contributed by atoms with Gasteiger partial charge >= 0.3 is 0 Å². The molecule has 2 heterocycles. The number of hydrogen-bond donors (Lipinski definition) is 0. The van der Waals surface area contributed by atoms with Crippen molar-refractivity contribution in [3.8, 4) is 33.6 Å². The van der Waals surface area contributed by atoms with Gasteiger partial charge in [0.15, 0.2) is 0 Å². The molecule has 1 radical (unpaired) electrons. The van der Waals surface area contributed by atoms with Crippen LogP contribution < -0.4 is 0 Å². The summed E-state index contributed by atoms with van der Waals surface area (Å²) in [4.78, 5) is 8.63. The zero-order chi connectivity index (χ0) is 30.3. The summed E-state index contributed by atoms with van der Waals surface area (Å²) < 4.78 is 40.0. The summed E-state index contributed by atoms with van der Waals surface area (Å²) >= 11 is 0. The maximum absolute atomic E-state index is 8.40. The molecule has 0 fully saturated rings. The van der Waals surface area contributed by atoms with Gasteiger partial charge in [-0.3, -0.25) is 0 Å². The van der Waals surface area contributed by atoms with Crippen LogP contribution in [0.1, 0.15) is 23.5 Å². The average Bonchev–Trinajstić information content (AvgIpc) is 3.06. The summed E-state index contributed by atoms with van der Waals surface area (Å²) in [6.45, 7) is -2.20. The molecule has 0 aliphatic rings. The molecule has 2 nitrogen and oxygen atoms in total. The molecule has 193 valence electrons. The Morgan fingerprint density at radius 2 is 1.28 bits per heavy atom. The molecule has 0 saturated carbocycles. The van der Waals surface area contributed by atoms with E-state index in [9.17, 15) is 0 Å². The van der Waals surface area contributed by atoms with E-state index in [-0.39, 0.29) is 25.7 Å². The van der Waals surface area contributed by atoms with E-state index >= 15 is 0 Å². The van der Waals surface area contributed by atoms with Gasteiger partial charge in [0.05, 0.1) is 0 Å². The first-order valence-corrected chi connectivity index (χ1v) is 12.3. The molecule has 0 spiro atoms. The summed E-state index contributed by atoms with van der Waals surface area (Å²) in [5.41, 5.74) is 6.20. The number of pyridine rings is 2. The summed E-state index contributed by atoms with van der Waals surface area (Å²) in [6.07, 6.45) is 1.55. The molecule has 39 heavy (non-hydrogen) atoms. The summed E-state index contributed by atoms with van der Waals surface area (Å²) in [5.74, 6) is 0. The second-order valence-electron chi connectivity index (χ2n) is 8.45. The molecular formula is C36H28IrN2-2. The SMILES string of the molecule is [2H]C([2H])([2H])c1cnc(-c2[c-]cccc2)cc1-c1ccccc1.[2H]C([2H])(c1ccccc1)c1ccnc(-c2[c-]cccc2)c1.[Ir]. The van der Waals surface area contributed by atoms with Crippen molar-refractivity contribution < 1.29 is 27.0 Å². The molecule has 0 unspecified atom stereocenters. The van der Waals surface area contributed by atoms with E-state index in [1.165, 1.54) is 6.20 Å². The maximum Gasteiger partial charge on any atom is 0.0365 e. The van der Waals surface area contributed by atoms with Gasteiger partial charge in [-0.15, -0.1) is 71.8 Å². The third-order valence-corrected chi connectivity index (χ3v) is 5.78. The van der Waals surface area contributed by atoms with Gasteiger partial charge in [0.25, 0.3) is 0 Å². The molecule has 4 aromatic carbocycles. The minimum atomic E-state index is -2.20. The van der Waals surface area contributed by atoms with E-state index in [0.717, 1.165) is 22.4 Å². The molecule has 0 amide bonds. The van der Waals surface area contributed by atoms with Crippen molar-refractivity contribution in [3.63, 3.8) is 0 Å². The van der Waals surface area contributed by atoms with E-state index in [2.05, 4.69) is 22.1 Å². The topological polar surface area (TPSA) is 25.8 Å². The first kappa shape index (κ1) is 21.7. The Morgan fingerprint density at radius 3 is 1.90 bits per heavy atom. The number of aromatic nitrogens is 2. The molecular weight excluding hydrogens is 653 g/mol. The minimum Gasteiger partial charge on any atom is -0.305 e. The van der Waals surface area contributed by atoms with Gasteiger partial charge in [0.2, 0.25) is 0 Å². The maximum atomic E-state index is 8.40. The molecule has 0 aliphatic heterocycles. The fourth-order valence-corrected chi connectivity index (χ4v) is 3.91. The van der Waals surface area contributed by atoms with Crippen molar-refractivity contribution in [1.82, 2.24) is 9.97 Å². The molecule has 0 atom stereocenters. The third-order valence-electron chi connectivity index (χ3n) is 5.78. The second kappa shape index (κ2) is 14.1. The van der Waals surface area contributed by atoms with Gasteiger partial charge in [-0.25, -0.2) is 0 Å². The molecule has 0 N–H and O–H groups in total. The van der Waals surface area contributed by atoms with Crippen molar-refractivity contribution in [2.75, 3.05) is 0 Å². The van der Waals surface area contributed by atoms with Crippen molar-refractivity contribution >= 4 is 0 Å². The zero-order valence-electron chi connectivity index (χ0n) is 26.0. The quantitative estimate of drug-likeness (QED) is 0.170. The van der Waals surface area contributed by atoms with Crippen molar-refractivity contribution in [3.05, 3.63) is 169 Å². The molecule has 0 saturated heterocycles. The fourth-order valence-electron chi connectivity index (χ4n) is 3.91. The van der Waals surface area contributed by atoms with Gasteiger partial charge in [0, 0.05) is 39.4 Å². The van der Waals surface area contributed by atoms with E-state index < -0.39 is 13.2 Å². The van der Waals surface area contributed by atoms with Crippen LogP contribution in [0.5, 0.6) is 0 Å². The van der Waals surface area contributed by atoms with Gasteiger partial charge < -0.3 is 9.97 Å². The standard InChI is InChI=1S/2C18H14N.Ir/c1-14-13-19-18(16-10-6-3-7-11-16)12-17(14)15-8-4-2-5-9-15;1-3-7-15(8-4-1)13-16-11-12-19-18(14-16)17-9-5-2-6-10-17;/h2-10,12-13H,1H3;1-9,11-12,14H,13H2;/q2*-1;/i1D3;13D2;. The first-order valence-electron chi connectivity index (χ1n) is 14.8. The average molecular weight is 686 g/mol. The van der Waals surface area contributed by atoms with E-state index in [1.807, 2.05) is 103 Å². The molecule has 3 heteroatoms. The minimum absolute atomic E-state index is 0. The monoisotopic (exact) mass is 686 g/mol. The predicted molar refractivity (Wildman–Crippen MR) is 156 cm³/mol. The van der Waals surface area contributed by atoms with Crippen LogP contribution >= 0.6 is 0 Å². The predicted octanol–water partition coefficient (Wildman–Crippen LogP) is 8.66. The largest absolute Gasteiger partial charge is 0.305 e. The number of aryl methyl sites for hydroxylation is 1. The molecule has 6 aromatic rings. The van der Waals surface area contributed by atoms with Crippen LogP contribution in [0, 0.1) is 19.0 Å². The van der Waals surface area contributed by atoms with Crippen LogP contribution in [0.15, 0.2) is 140 Å². The van der Waals surface area contributed by atoms with Crippen molar-refractivity contribution in [1.29, 1.82) is 0 Å². The van der Waals surface area contributed by atoms with Crippen LogP contribution in [0.3, 0.4) is 0 Å². The van der Waals surface area contributed by atoms with Gasteiger partial charge in [-0.05, 0) is 58.5 Å². The van der Waals surface area contributed by atoms with Crippen molar-refractivity contribution in [2.45, 2.75) is 13.2 Å². The number of benzene rings is 4. The van der Waals surface area contributed by atoms with Crippen LogP contribution in [-0.4, -0.2) is 9.97 Å². The summed E-state index contributed by atoms with van der Waals surface area (Å²) in [7, 11) is 0.